The topological polar surface area (TPSA) is 77.7 Å². The van der Waals surface area contributed by atoms with Crippen molar-refractivity contribution in [3.8, 4) is 18.1 Å². The molecule has 0 atom stereocenters. The number of halogens is 1. The number of fused-ring (bicyclic) bond motifs is 1. The van der Waals surface area contributed by atoms with Gasteiger partial charge in [0.2, 0.25) is 0 Å². The molecule has 2 aromatic carbocycles. The maximum absolute atomic E-state index is 13.6. The number of para-hydroxylation sites is 1. The number of sulfone groups is 1. The second-order valence-electron chi connectivity index (χ2n) is 5.80. The van der Waals surface area contributed by atoms with E-state index in [0.717, 1.165) is 17.6 Å². The Balaban J connectivity index is 1.96. The Hall–Kier alpha value is -2.96. The van der Waals surface area contributed by atoms with Gasteiger partial charge in [-0.2, -0.15) is 4.99 Å². The summed E-state index contributed by atoms with van der Waals surface area (Å²) < 4.78 is 44.5. The lowest BCUT2D eigenvalue weighted by Gasteiger charge is -2.04. The van der Waals surface area contributed by atoms with Gasteiger partial charge in [-0.15, -0.1) is 6.42 Å². The number of aromatic nitrogens is 1. The van der Waals surface area contributed by atoms with Gasteiger partial charge in [-0.3, -0.25) is 4.79 Å². The maximum atomic E-state index is 13.6. The predicted octanol–water partition coefficient (Wildman–Crippen LogP) is 2.38. The Morgan fingerprint density at radius 3 is 2.75 bits per heavy atom. The molecule has 0 bridgehead atoms. The van der Waals surface area contributed by atoms with Crippen LogP contribution >= 0.6 is 11.3 Å². The smallest absolute Gasteiger partial charge is 0.286 e. The van der Waals surface area contributed by atoms with Gasteiger partial charge in [-0.1, -0.05) is 29.4 Å². The number of carbonyl (C=O) groups is 1. The van der Waals surface area contributed by atoms with Gasteiger partial charge in [0.1, 0.15) is 0 Å². The fraction of sp³-hybridized carbons (Fsp3) is 0.158. The van der Waals surface area contributed by atoms with E-state index >= 15 is 0 Å². The minimum absolute atomic E-state index is 0.0447. The number of hydrogen-bond acceptors (Lipinski definition) is 5. The van der Waals surface area contributed by atoms with Gasteiger partial charge in [-0.25, -0.2) is 12.8 Å². The number of nitrogens with zero attached hydrogens (tertiary/aromatic N) is 2. The monoisotopic (exact) mass is 418 g/mol. The van der Waals surface area contributed by atoms with E-state index in [1.807, 2.05) is 0 Å². The summed E-state index contributed by atoms with van der Waals surface area (Å²) in [6.07, 6.45) is 6.52. The summed E-state index contributed by atoms with van der Waals surface area (Å²) in [7, 11) is -3.37. The summed E-state index contributed by atoms with van der Waals surface area (Å²) in [5, 5.41) is 0. The molecule has 0 saturated heterocycles. The summed E-state index contributed by atoms with van der Waals surface area (Å²) in [4.78, 5) is 16.7. The summed E-state index contributed by atoms with van der Waals surface area (Å²) >= 11 is 1.13. The zero-order valence-electron chi connectivity index (χ0n) is 14.8. The minimum atomic E-state index is -3.37. The van der Waals surface area contributed by atoms with Crippen LogP contribution in [0.15, 0.2) is 52.4 Å². The highest BCUT2D eigenvalue weighted by Gasteiger charge is 2.13. The highest BCUT2D eigenvalue weighted by molar-refractivity contribution is 7.90. The van der Waals surface area contributed by atoms with E-state index in [2.05, 4.69) is 10.9 Å². The molecule has 0 aliphatic heterocycles. The predicted molar refractivity (Wildman–Crippen MR) is 104 cm³/mol. The van der Waals surface area contributed by atoms with Crippen molar-refractivity contribution in [1.82, 2.24) is 4.57 Å². The van der Waals surface area contributed by atoms with Crippen LogP contribution in [0.3, 0.4) is 0 Å². The molecule has 0 N–H and O–H groups in total. The van der Waals surface area contributed by atoms with Crippen LogP contribution in [0.2, 0.25) is 0 Å². The van der Waals surface area contributed by atoms with Gasteiger partial charge in [-0.05, 0) is 30.3 Å². The molecule has 6 nitrogen and oxygen atoms in total. The molecule has 0 saturated carbocycles. The molecule has 0 aliphatic carbocycles. The Labute approximate surface area is 164 Å². The van der Waals surface area contributed by atoms with Crippen molar-refractivity contribution in [2.24, 2.45) is 4.99 Å². The number of rotatable bonds is 5. The Bertz CT molecular complexity index is 1270. The van der Waals surface area contributed by atoms with Gasteiger partial charge >= 0.3 is 0 Å². The summed E-state index contributed by atoms with van der Waals surface area (Å²) in [6, 6.07) is 10.4. The normalized spacial score (nSPS) is 12.1. The van der Waals surface area contributed by atoms with Crippen molar-refractivity contribution in [2.75, 3.05) is 12.9 Å². The lowest BCUT2D eigenvalue weighted by molar-refractivity contribution is -0.120. The van der Waals surface area contributed by atoms with Crippen molar-refractivity contribution in [3.63, 3.8) is 0 Å². The van der Waals surface area contributed by atoms with Crippen LogP contribution < -0.4 is 9.54 Å². The number of thiazole rings is 1. The standard InChI is InChI=1S/C19H15FN2O4S2/c1-3-10-22-15-9-8-13(28(2,24)25)11-17(15)27-19(22)21-18(23)12-26-16-7-5-4-6-14(16)20/h1,4-9,11H,10,12H2,2H3. The van der Waals surface area contributed by atoms with E-state index < -0.39 is 28.2 Å². The quantitative estimate of drug-likeness (QED) is 0.596. The van der Waals surface area contributed by atoms with E-state index in [9.17, 15) is 17.6 Å². The molecule has 1 amide bonds. The third-order valence-corrected chi connectivity index (χ3v) is 5.89. The summed E-state index contributed by atoms with van der Waals surface area (Å²) in [6.45, 7) is -0.293. The molecule has 0 aliphatic rings. The van der Waals surface area contributed by atoms with Crippen LogP contribution in [0.5, 0.6) is 5.75 Å². The van der Waals surface area contributed by atoms with Crippen molar-refractivity contribution in [3.05, 3.63) is 53.1 Å². The molecule has 3 rings (SSSR count). The van der Waals surface area contributed by atoms with Gasteiger partial charge < -0.3 is 9.30 Å². The first-order chi connectivity index (χ1) is 13.3. The third-order valence-electron chi connectivity index (χ3n) is 3.74. The number of benzene rings is 2. The number of ether oxygens (including phenoxy) is 1. The van der Waals surface area contributed by atoms with Crippen LogP contribution in [0.4, 0.5) is 4.39 Å². The van der Waals surface area contributed by atoms with Crippen LogP contribution in [0.25, 0.3) is 10.2 Å². The molecule has 0 fully saturated rings. The summed E-state index contributed by atoms with van der Waals surface area (Å²) in [5.41, 5.74) is 0.664. The molecule has 0 unspecified atom stereocenters. The number of amides is 1. The van der Waals surface area contributed by atoms with E-state index in [0.29, 0.717) is 15.0 Å². The average Bonchev–Trinajstić information content (AvgIpc) is 2.97. The van der Waals surface area contributed by atoms with Crippen LogP contribution in [-0.2, 0) is 21.2 Å². The molecule has 144 valence electrons. The number of carbonyl (C=O) groups excluding carboxylic acids is 1. The van der Waals surface area contributed by atoms with Gasteiger partial charge in [0.15, 0.2) is 32.8 Å². The maximum Gasteiger partial charge on any atom is 0.286 e. The highest BCUT2D eigenvalue weighted by Crippen LogP contribution is 2.22. The van der Waals surface area contributed by atoms with Crippen molar-refractivity contribution in [1.29, 1.82) is 0 Å². The zero-order chi connectivity index (χ0) is 20.3. The van der Waals surface area contributed by atoms with Gasteiger partial charge in [0, 0.05) is 6.26 Å². The Kier molecular flexibility index (Phi) is 5.63. The zero-order valence-corrected chi connectivity index (χ0v) is 16.4. The molecule has 1 aromatic heterocycles. The minimum Gasteiger partial charge on any atom is -0.481 e. The molecule has 3 aromatic rings. The lowest BCUT2D eigenvalue weighted by Crippen LogP contribution is -2.19. The number of terminal acetylenes is 1. The molecule has 0 spiro atoms. The largest absolute Gasteiger partial charge is 0.481 e. The van der Waals surface area contributed by atoms with Crippen LogP contribution in [-0.4, -0.2) is 31.8 Å². The molecular formula is C19H15FN2O4S2. The molecule has 0 radical (unpaired) electrons. The van der Waals surface area contributed by atoms with Crippen LogP contribution in [0.1, 0.15) is 0 Å². The van der Waals surface area contributed by atoms with E-state index in [1.54, 1.807) is 16.7 Å². The van der Waals surface area contributed by atoms with E-state index in [-0.39, 0.29) is 17.2 Å². The average molecular weight is 418 g/mol. The fourth-order valence-electron chi connectivity index (χ4n) is 2.45. The van der Waals surface area contributed by atoms with Gasteiger partial charge in [0.25, 0.3) is 5.91 Å². The molecule has 28 heavy (non-hydrogen) atoms. The Morgan fingerprint density at radius 1 is 1.32 bits per heavy atom. The lowest BCUT2D eigenvalue weighted by atomic mass is 10.3. The fourth-order valence-corrected chi connectivity index (χ4v) is 4.26. The van der Waals surface area contributed by atoms with Crippen molar-refractivity contribution < 1.29 is 22.3 Å². The van der Waals surface area contributed by atoms with Crippen molar-refractivity contribution >= 4 is 37.3 Å². The van der Waals surface area contributed by atoms with Crippen molar-refractivity contribution in [2.45, 2.75) is 11.4 Å². The molecule has 1 heterocycles. The molecular weight excluding hydrogens is 403 g/mol. The highest BCUT2D eigenvalue weighted by atomic mass is 32.2. The SMILES string of the molecule is C#CCn1c(=NC(=O)COc2ccccc2F)sc2cc(S(C)(=O)=O)ccc21. The first kappa shape index (κ1) is 19.8. The second kappa shape index (κ2) is 7.96. The first-order valence-electron chi connectivity index (χ1n) is 8.01. The second-order valence-corrected chi connectivity index (χ2v) is 8.83. The van der Waals surface area contributed by atoms with E-state index in [1.165, 1.54) is 30.3 Å². The molecule has 9 heteroatoms. The van der Waals surface area contributed by atoms with Gasteiger partial charge in [0.05, 0.1) is 21.7 Å². The number of hydrogen-bond donors (Lipinski definition) is 0. The third kappa shape index (κ3) is 4.30. The first-order valence-corrected chi connectivity index (χ1v) is 10.7. The van der Waals surface area contributed by atoms with E-state index in [4.69, 9.17) is 11.2 Å². The van der Waals surface area contributed by atoms with Crippen LogP contribution in [0, 0.1) is 18.2 Å². The Morgan fingerprint density at radius 2 is 2.07 bits per heavy atom. The summed E-state index contributed by atoms with van der Waals surface area (Å²) in [5.74, 6) is 1.24.